The minimum Gasteiger partial charge on any atom is -0.465 e. The average molecular weight is 533 g/mol. The van der Waals surface area contributed by atoms with E-state index in [0.717, 1.165) is 4.90 Å². The number of nitrogens with zero attached hydrogens (tertiary/aromatic N) is 2. The fraction of sp³-hybridized carbons (Fsp3) is 0.280. The predicted molar refractivity (Wildman–Crippen MR) is 132 cm³/mol. The van der Waals surface area contributed by atoms with Gasteiger partial charge in [-0.2, -0.15) is 0 Å². The summed E-state index contributed by atoms with van der Waals surface area (Å²) in [7, 11) is 0. The number of ketones is 1. The number of hydrogen-bond donors (Lipinski definition) is 3. The lowest BCUT2D eigenvalue weighted by Gasteiger charge is -2.24. The van der Waals surface area contributed by atoms with Gasteiger partial charge in [0.1, 0.15) is 24.6 Å². The zero-order chi connectivity index (χ0) is 26.9. The third-order valence-electron chi connectivity index (χ3n) is 6.17. The number of anilines is 1. The molecule has 1 fully saturated rings. The number of carboxylic acid groups (broad SMARTS) is 1. The number of benzene rings is 2. The van der Waals surface area contributed by atoms with Gasteiger partial charge in [0.2, 0.25) is 11.8 Å². The second kappa shape index (κ2) is 10.6. The van der Waals surface area contributed by atoms with E-state index >= 15 is 0 Å². The summed E-state index contributed by atoms with van der Waals surface area (Å²) in [4.78, 5) is 50.3. The predicted octanol–water partition coefficient (Wildman–Crippen LogP) is 3.98. The number of aromatic nitrogens is 1. The fourth-order valence-electron chi connectivity index (χ4n) is 4.44. The van der Waals surface area contributed by atoms with Crippen LogP contribution in [0.15, 0.2) is 42.6 Å². The van der Waals surface area contributed by atoms with Crippen molar-refractivity contribution in [2.24, 2.45) is 0 Å². The molecule has 0 saturated carbocycles. The van der Waals surface area contributed by atoms with Crippen molar-refractivity contribution in [3.63, 3.8) is 0 Å². The summed E-state index contributed by atoms with van der Waals surface area (Å²) < 4.78 is 30.0. The molecule has 194 valence electrons. The molecule has 0 spiro atoms. The molecular formula is C25H23ClF2N4O5. The van der Waals surface area contributed by atoms with Gasteiger partial charge in [0.25, 0.3) is 0 Å². The van der Waals surface area contributed by atoms with Crippen LogP contribution in [0, 0.1) is 5.82 Å². The van der Waals surface area contributed by atoms with Crippen LogP contribution in [0.2, 0.25) is 5.02 Å². The van der Waals surface area contributed by atoms with Crippen molar-refractivity contribution in [3.8, 4) is 0 Å². The highest BCUT2D eigenvalue weighted by Gasteiger charge is 2.39. The van der Waals surface area contributed by atoms with Gasteiger partial charge in [0, 0.05) is 46.9 Å². The first kappa shape index (κ1) is 26.1. The summed E-state index contributed by atoms with van der Waals surface area (Å²) in [6.45, 7) is 0.593. The Morgan fingerprint density at radius 3 is 2.65 bits per heavy atom. The number of amides is 3. The molecular weight excluding hydrogens is 510 g/mol. The van der Waals surface area contributed by atoms with E-state index in [9.17, 15) is 28.0 Å². The van der Waals surface area contributed by atoms with Crippen molar-refractivity contribution in [1.29, 1.82) is 0 Å². The highest BCUT2D eigenvalue weighted by Crippen LogP contribution is 2.27. The summed E-state index contributed by atoms with van der Waals surface area (Å²) in [6, 6.07) is 7.81. The molecule has 0 bridgehead atoms. The van der Waals surface area contributed by atoms with Crippen LogP contribution in [0.5, 0.6) is 0 Å². The summed E-state index contributed by atoms with van der Waals surface area (Å²) in [5, 5.41) is 14.1. The van der Waals surface area contributed by atoms with Crippen LogP contribution >= 0.6 is 11.6 Å². The molecule has 9 nitrogen and oxygen atoms in total. The third kappa shape index (κ3) is 5.56. The fourth-order valence-corrected chi connectivity index (χ4v) is 4.63. The maximum absolute atomic E-state index is 14.3. The first-order valence-electron chi connectivity index (χ1n) is 11.3. The minimum atomic E-state index is -1.42. The van der Waals surface area contributed by atoms with Gasteiger partial charge in [-0.15, -0.1) is 0 Å². The number of alkyl halides is 1. The number of rotatable bonds is 7. The zero-order valence-electron chi connectivity index (χ0n) is 19.6. The lowest BCUT2D eigenvalue weighted by Crippen LogP contribution is -2.46. The van der Waals surface area contributed by atoms with Gasteiger partial charge in [-0.1, -0.05) is 23.7 Å². The number of likely N-dealkylation sites (tertiary alicyclic amines) is 1. The Balaban J connectivity index is 1.53. The largest absolute Gasteiger partial charge is 0.465 e. The van der Waals surface area contributed by atoms with Gasteiger partial charge >= 0.3 is 6.09 Å². The van der Waals surface area contributed by atoms with Gasteiger partial charge in [-0.3, -0.25) is 19.7 Å². The minimum absolute atomic E-state index is 0.0945. The van der Waals surface area contributed by atoms with Crippen molar-refractivity contribution >= 4 is 51.9 Å². The Hall–Kier alpha value is -3.99. The lowest BCUT2D eigenvalue weighted by atomic mass is 10.1. The molecule has 2 heterocycles. The van der Waals surface area contributed by atoms with Crippen LogP contribution < -0.4 is 10.6 Å². The van der Waals surface area contributed by atoms with Crippen molar-refractivity contribution in [2.45, 2.75) is 38.6 Å². The molecule has 0 aliphatic carbocycles. The van der Waals surface area contributed by atoms with Gasteiger partial charge in [0.15, 0.2) is 5.78 Å². The van der Waals surface area contributed by atoms with Crippen LogP contribution in [0.4, 0.5) is 19.3 Å². The Morgan fingerprint density at radius 1 is 1.19 bits per heavy atom. The van der Waals surface area contributed by atoms with E-state index in [4.69, 9.17) is 16.7 Å². The quantitative estimate of drug-likeness (QED) is 0.397. The first-order chi connectivity index (χ1) is 17.5. The van der Waals surface area contributed by atoms with Gasteiger partial charge in [-0.05, 0) is 31.2 Å². The second-order valence-corrected chi connectivity index (χ2v) is 9.12. The van der Waals surface area contributed by atoms with E-state index in [1.807, 2.05) is 0 Å². The average Bonchev–Trinajstić information content (AvgIpc) is 3.40. The number of fused-ring (bicyclic) bond motifs is 1. The molecule has 2 aromatic carbocycles. The molecule has 1 aliphatic rings. The van der Waals surface area contributed by atoms with Crippen LogP contribution in [0.1, 0.15) is 29.3 Å². The maximum atomic E-state index is 14.3. The highest BCUT2D eigenvalue weighted by atomic mass is 35.5. The van der Waals surface area contributed by atoms with E-state index in [-0.39, 0.29) is 53.7 Å². The number of hydrogen-bond acceptors (Lipinski definition) is 4. The number of carbonyl (C=O) groups is 4. The molecule has 1 aromatic heterocycles. The summed E-state index contributed by atoms with van der Waals surface area (Å²) in [6.07, 6.45) is -1.42. The third-order valence-corrected chi connectivity index (χ3v) is 6.47. The Kier molecular flexibility index (Phi) is 7.44. The summed E-state index contributed by atoms with van der Waals surface area (Å²) in [5.74, 6) is -2.14. The van der Waals surface area contributed by atoms with Gasteiger partial charge < -0.3 is 19.9 Å². The number of carbonyl (C=O) groups excluding carboxylic acids is 3. The van der Waals surface area contributed by atoms with Crippen molar-refractivity contribution in [2.75, 3.05) is 11.9 Å². The summed E-state index contributed by atoms with van der Waals surface area (Å²) >= 11 is 5.77. The van der Waals surface area contributed by atoms with Crippen molar-refractivity contribution in [3.05, 3.63) is 64.6 Å². The Bertz CT molecular complexity index is 1410. The Labute approximate surface area is 215 Å². The van der Waals surface area contributed by atoms with Crippen LogP contribution in [0.3, 0.4) is 0 Å². The number of Topliss-reactive ketones (excluding diaryl/α,β-unsaturated/α-hetero) is 1. The molecule has 0 radical (unpaired) electrons. The SMILES string of the molecule is CC(=O)c1cn(CC(=O)N2C[C@H](F)C[C@H]2C(=O)NCc2cccc(Cl)c2F)c2ccc(NC(=O)O)cc12. The van der Waals surface area contributed by atoms with E-state index < -0.39 is 35.9 Å². The molecule has 2 atom stereocenters. The maximum Gasteiger partial charge on any atom is 0.409 e. The lowest BCUT2D eigenvalue weighted by molar-refractivity contribution is -0.139. The normalized spacial score (nSPS) is 17.1. The van der Waals surface area contributed by atoms with Crippen molar-refractivity contribution < 1.29 is 33.1 Å². The molecule has 1 saturated heterocycles. The molecule has 0 unspecified atom stereocenters. The molecule has 12 heteroatoms. The van der Waals surface area contributed by atoms with E-state index in [1.54, 1.807) is 6.07 Å². The van der Waals surface area contributed by atoms with E-state index in [0.29, 0.717) is 10.9 Å². The number of nitrogens with one attached hydrogen (secondary N) is 2. The molecule has 4 rings (SSSR count). The molecule has 1 aliphatic heterocycles. The second-order valence-electron chi connectivity index (χ2n) is 8.71. The molecule has 37 heavy (non-hydrogen) atoms. The standard InChI is InChI=1S/C25H23ClF2N4O5/c1-13(33)18-11-31(20-6-5-16(8-17(18)20)30-25(36)37)12-22(34)32-10-15(27)7-21(32)24(35)29-9-14-3-2-4-19(26)23(14)28/h2-6,8,11,15,21,30H,7,9-10,12H2,1H3,(H,29,35)(H,36,37)/t15-,21+/m1/s1. The first-order valence-corrected chi connectivity index (χ1v) is 11.7. The highest BCUT2D eigenvalue weighted by molar-refractivity contribution is 6.30. The monoisotopic (exact) mass is 532 g/mol. The Morgan fingerprint density at radius 2 is 1.95 bits per heavy atom. The molecule has 3 N–H and O–H groups in total. The summed E-state index contributed by atoms with van der Waals surface area (Å²) in [5.41, 5.74) is 1.17. The van der Waals surface area contributed by atoms with E-state index in [2.05, 4.69) is 10.6 Å². The smallest absolute Gasteiger partial charge is 0.409 e. The van der Waals surface area contributed by atoms with Crippen LogP contribution in [-0.2, 0) is 22.7 Å². The number of halogens is 3. The van der Waals surface area contributed by atoms with Crippen LogP contribution in [-0.4, -0.2) is 57.0 Å². The molecule has 3 aromatic rings. The van der Waals surface area contributed by atoms with Crippen molar-refractivity contribution in [1.82, 2.24) is 14.8 Å². The van der Waals surface area contributed by atoms with E-state index in [1.165, 1.54) is 48.0 Å². The van der Waals surface area contributed by atoms with Gasteiger partial charge in [-0.25, -0.2) is 13.6 Å². The zero-order valence-corrected chi connectivity index (χ0v) is 20.4. The van der Waals surface area contributed by atoms with Crippen LogP contribution in [0.25, 0.3) is 10.9 Å². The molecule has 3 amide bonds. The topological polar surface area (TPSA) is 121 Å². The van der Waals surface area contributed by atoms with Gasteiger partial charge in [0.05, 0.1) is 11.6 Å².